The molecule has 0 unspecified atom stereocenters. The maximum atomic E-state index is 11.3. The van der Waals surface area contributed by atoms with Crippen LogP contribution in [0.4, 0.5) is 0 Å². The summed E-state index contributed by atoms with van der Waals surface area (Å²) in [6.45, 7) is 2.24. The van der Waals surface area contributed by atoms with Gasteiger partial charge in [-0.05, 0) is 30.2 Å². The summed E-state index contributed by atoms with van der Waals surface area (Å²) in [5.74, 6) is -0.183. The van der Waals surface area contributed by atoms with Gasteiger partial charge >= 0.3 is 5.97 Å². The Labute approximate surface area is 106 Å². The normalized spacial score (nSPS) is 10.1. The van der Waals surface area contributed by atoms with Crippen LogP contribution in [0.2, 0.25) is 0 Å². The average molecular weight is 336 g/mol. The molecule has 1 aromatic rings. The van der Waals surface area contributed by atoms with Crippen molar-refractivity contribution >= 4 is 37.8 Å². The summed E-state index contributed by atoms with van der Waals surface area (Å²) in [5.41, 5.74) is 2.12. The average Bonchev–Trinajstić information content (AvgIpc) is 2.18. The van der Waals surface area contributed by atoms with Crippen LogP contribution in [-0.2, 0) is 21.3 Å². The summed E-state index contributed by atoms with van der Waals surface area (Å²) in [6, 6.07) is 5.91. The largest absolute Gasteiger partial charge is 0.466 e. The van der Waals surface area contributed by atoms with Crippen molar-refractivity contribution in [3.05, 3.63) is 33.8 Å². The van der Waals surface area contributed by atoms with E-state index in [1.807, 2.05) is 25.1 Å². The van der Waals surface area contributed by atoms with Gasteiger partial charge in [0, 0.05) is 9.80 Å². The Balaban J connectivity index is 2.82. The molecule has 0 heterocycles. The fraction of sp³-hybridized carbons (Fsp3) is 0.364. The maximum Gasteiger partial charge on any atom is 0.310 e. The lowest BCUT2D eigenvalue weighted by molar-refractivity contribution is -0.142. The van der Waals surface area contributed by atoms with E-state index in [1.54, 1.807) is 0 Å². The van der Waals surface area contributed by atoms with E-state index in [2.05, 4.69) is 31.9 Å². The van der Waals surface area contributed by atoms with Crippen LogP contribution in [0, 0.1) is 0 Å². The molecule has 0 fully saturated rings. The first-order valence-corrected chi connectivity index (χ1v) is 6.57. The van der Waals surface area contributed by atoms with Crippen LogP contribution in [-0.4, -0.2) is 12.6 Å². The summed E-state index contributed by atoms with van der Waals surface area (Å²) in [6.07, 6.45) is 0.328. The van der Waals surface area contributed by atoms with Gasteiger partial charge in [0.25, 0.3) is 0 Å². The number of rotatable bonds is 4. The molecule has 0 aliphatic heterocycles. The van der Waals surface area contributed by atoms with Gasteiger partial charge in [-0.3, -0.25) is 4.79 Å². The Bertz CT molecular complexity index is 350. The molecular weight excluding hydrogens is 324 g/mol. The van der Waals surface area contributed by atoms with E-state index in [4.69, 9.17) is 4.74 Å². The summed E-state index contributed by atoms with van der Waals surface area (Å²) >= 11 is 6.78. The van der Waals surface area contributed by atoms with Gasteiger partial charge in [0.15, 0.2) is 0 Å². The number of hydrogen-bond donors (Lipinski definition) is 0. The Kier molecular flexibility index (Phi) is 5.32. The standard InChI is InChI=1S/C11H12Br2O2/c1-2-15-11(14)6-9-5-10(13)4-3-8(9)7-12/h3-5H,2,6-7H2,1H3. The lowest BCUT2D eigenvalue weighted by Gasteiger charge is -2.07. The van der Waals surface area contributed by atoms with Crippen LogP contribution in [0.15, 0.2) is 22.7 Å². The first-order chi connectivity index (χ1) is 7.17. The summed E-state index contributed by atoms with van der Waals surface area (Å²) < 4.78 is 5.89. The van der Waals surface area contributed by atoms with Crippen molar-refractivity contribution < 1.29 is 9.53 Å². The van der Waals surface area contributed by atoms with Gasteiger partial charge in [-0.2, -0.15) is 0 Å². The molecule has 0 amide bonds. The highest BCUT2D eigenvalue weighted by atomic mass is 79.9. The molecule has 1 aromatic carbocycles. The second kappa shape index (κ2) is 6.28. The molecule has 0 aliphatic rings. The van der Waals surface area contributed by atoms with Crippen LogP contribution in [0.1, 0.15) is 18.1 Å². The number of alkyl halides is 1. The van der Waals surface area contributed by atoms with Gasteiger partial charge in [0.2, 0.25) is 0 Å². The Morgan fingerprint density at radius 1 is 1.40 bits per heavy atom. The van der Waals surface area contributed by atoms with E-state index in [-0.39, 0.29) is 5.97 Å². The lowest BCUT2D eigenvalue weighted by atomic mass is 10.1. The van der Waals surface area contributed by atoms with Gasteiger partial charge in [0.05, 0.1) is 13.0 Å². The first kappa shape index (κ1) is 12.7. The predicted octanol–water partition coefficient (Wildman–Crippen LogP) is 3.45. The van der Waals surface area contributed by atoms with Crippen LogP contribution in [0.3, 0.4) is 0 Å². The summed E-state index contributed by atoms with van der Waals surface area (Å²) in [7, 11) is 0. The van der Waals surface area contributed by atoms with Gasteiger partial charge < -0.3 is 4.74 Å². The van der Waals surface area contributed by atoms with E-state index in [1.165, 1.54) is 0 Å². The molecule has 0 aromatic heterocycles. The molecule has 1 rings (SSSR count). The third-order valence-electron chi connectivity index (χ3n) is 1.95. The van der Waals surface area contributed by atoms with Crippen molar-refractivity contribution in [2.75, 3.05) is 6.61 Å². The van der Waals surface area contributed by atoms with Crippen LogP contribution in [0.5, 0.6) is 0 Å². The predicted molar refractivity (Wildman–Crippen MR) is 67.1 cm³/mol. The van der Waals surface area contributed by atoms with E-state index >= 15 is 0 Å². The van der Waals surface area contributed by atoms with Crippen molar-refractivity contribution in [2.24, 2.45) is 0 Å². The number of benzene rings is 1. The quantitative estimate of drug-likeness (QED) is 0.622. The molecular formula is C11H12Br2O2. The Morgan fingerprint density at radius 3 is 2.73 bits per heavy atom. The minimum Gasteiger partial charge on any atom is -0.466 e. The number of halogens is 2. The van der Waals surface area contributed by atoms with Crippen LogP contribution < -0.4 is 0 Å². The van der Waals surface area contributed by atoms with Crippen molar-refractivity contribution in [1.82, 2.24) is 0 Å². The van der Waals surface area contributed by atoms with E-state index < -0.39 is 0 Å². The Hall–Kier alpha value is -0.350. The number of ether oxygens (including phenoxy) is 1. The van der Waals surface area contributed by atoms with Crippen LogP contribution >= 0.6 is 31.9 Å². The van der Waals surface area contributed by atoms with E-state index in [0.29, 0.717) is 13.0 Å². The molecule has 0 saturated heterocycles. The number of esters is 1. The van der Waals surface area contributed by atoms with Crippen molar-refractivity contribution in [2.45, 2.75) is 18.7 Å². The molecule has 2 nitrogen and oxygen atoms in total. The van der Waals surface area contributed by atoms with Crippen LogP contribution in [0.25, 0.3) is 0 Å². The highest BCUT2D eigenvalue weighted by Gasteiger charge is 2.08. The zero-order valence-electron chi connectivity index (χ0n) is 8.43. The molecule has 4 heteroatoms. The first-order valence-electron chi connectivity index (χ1n) is 4.66. The van der Waals surface area contributed by atoms with Gasteiger partial charge in [0.1, 0.15) is 0 Å². The van der Waals surface area contributed by atoms with Gasteiger partial charge in [-0.15, -0.1) is 0 Å². The molecule has 82 valence electrons. The number of carbonyl (C=O) groups excluding carboxylic acids is 1. The number of hydrogen-bond acceptors (Lipinski definition) is 2. The zero-order valence-corrected chi connectivity index (χ0v) is 11.6. The third kappa shape index (κ3) is 3.95. The van der Waals surface area contributed by atoms with Crippen molar-refractivity contribution in [3.63, 3.8) is 0 Å². The maximum absolute atomic E-state index is 11.3. The molecule has 0 spiro atoms. The SMILES string of the molecule is CCOC(=O)Cc1cc(Br)ccc1CBr. The molecule has 0 atom stereocenters. The Morgan fingerprint density at radius 2 is 2.13 bits per heavy atom. The van der Waals surface area contributed by atoms with E-state index in [9.17, 15) is 4.79 Å². The zero-order chi connectivity index (χ0) is 11.3. The fourth-order valence-corrected chi connectivity index (χ4v) is 2.21. The molecule has 0 N–H and O–H groups in total. The molecule has 0 bridgehead atoms. The third-order valence-corrected chi connectivity index (χ3v) is 3.05. The van der Waals surface area contributed by atoms with Crippen molar-refractivity contribution in [3.8, 4) is 0 Å². The van der Waals surface area contributed by atoms with Crippen molar-refractivity contribution in [1.29, 1.82) is 0 Å². The second-order valence-corrected chi connectivity index (χ2v) is 4.50. The van der Waals surface area contributed by atoms with Gasteiger partial charge in [-0.1, -0.05) is 37.9 Å². The van der Waals surface area contributed by atoms with Gasteiger partial charge in [-0.25, -0.2) is 0 Å². The minimum atomic E-state index is -0.183. The highest BCUT2D eigenvalue weighted by molar-refractivity contribution is 9.10. The molecule has 0 saturated carbocycles. The van der Waals surface area contributed by atoms with E-state index in [0.717, 1.165) is 20.9 Å². The molecule has 0 aliphatic carbocycles. The fourth-order valence-electron chi connectivity index (χ4n) is 1.26. The topological polar surface area (TPSA) is 26.3 Å². The monoisotopic (exact) mass is 334 g/mol. The highest BCUT2D eigenvalue weighted by Crippen LogP contribution is 2.19. The second-order valence-electron chi connectivity index (χ2n) is 3.03. The molecule has 0 radical (unpaired) electrons. The smallest absolute Gasteiger partial charge is 0.310 e. The summed E-state index contributed by atoms with van der Waals surface area (Å²) in [4.78, 5) is 11.3. The minimum absolute atomic E-state index is 0.183. The molecule has 15 heavy (non-hydrogen) atoms. The lowest BCUT2D eigenvalue weighted by Crippen LogP contribution is -2.08. The number of carbonyl (C=O) groups is 1. The summed E-state index contributed by atoms with van der Waals surface area (Å²) in [5, 5.41) is 0.745.